The van der Waals surface area contributed by atoms with Crippen molar-refractivity contribution in [2.45, 2.75) is 44.2 Å². The highest BCUT2D eigenvalue weighted by Crippen LogP contribution is 2.35. The van der Waals surface area contributed by atoms with Crippen LogP contribution in [0.1, 0.15) is 31.4 Å². The number of carbonyl (C=O) groups excluding carboxylic acids is 1. The van der Waals surface area contributed by atoms with E-state index in [0.29, 0.717) is 12.4 Å². The fraction of sp³-hybridized carbons (Fsp3) is 0.381. The Balaban J connectivity index is 1.53. The zero-order valence-electron chi connectivity index (χ0n) is 16.9. The van der Waals surface area contributed by atoms with Gasteiger partial charge >= 0.3 is 0 Å². The minimum Gasteiger partial charge on any atom is -0.494 e. The third-order valence-corrected chi connectivity index (χ3v) is 6.10. The van der Waals surface area contributed by atoms with Gasteiger partial charge in [0.2, 0.25) is 15.9 Å². The Hall–Kier alpha value is -2.65. The molecule has 1 unspecified atom stereocenters. The lowest BCUT2D eigenvalue weighted by Gasteiger charge is -2.13. The molecule has 0 saturated heterocycles. The average molecular weight is 437 g/mol. The van der Waals surface area contributed by atoms with Gasteiger partial charge in [-0.3, -0.25) is 4.79 Å². The molecule has 0 radical (unpaired) electrons. The van der Waals surface area contributed by atoms with E-state index in [1.807, 2.05) is 26.0 Å². The normalized spacial score (nSPS) is 15.4. The van der Waals surface area contributed by atoms with Gasteiger partial charge in [0.1, 0.15) is 23.4 Å². The summed E-state index contributed by atoms with van der Waals surface area (Å²) in [4.78, 5) is 12.1. The Morgan fingerprint density at radius 2 is 2.00 bits per heavy atom. The highest BCUT2D eigenvalue weighted by Gasteiger charge is 2.22. The summed E-state index contributed by atoms with van der Waals surface area (Å²) in [6.07, 6.45) is 0.882. The molecule has 7 nitrogen and oxygen atoms in total. The molecule has 1 atom stereocenters. The van der Waals surface area contributed by atoms with Crippen molar-refractivity contribution in [2.75, 3.05) is 13.2 Å². The lowest BCUT2D eigenvalue weighted by molar-refractivity contribution is -0.121. The Kier molecular flexibility index (Phi) is 6.94. The minimum absolute atomic E-state index is 0.0388. The molecular weight excluding hydrogens is 411 g/mol. The van der Waals surface area contributed by atoms with Crippen molar-refractivity contribution in [1.82, 2.24) is 10.0 Å². The molecule has 1 amide bonds. The molecule has 2 N–H and O–H groups in total. The molecule has 0 saturated carbocycles. The van der Waals surface area contributed by atoms with Crippen LogP contribution in [0.3, 0.4) is 0 Å². The number of halogens is 1. The van der Waals surface area contributed by atoms with E-state index in [9.17, 15) is 17.6 Å². The van der Waals surface area contributed by atoms with Gasteiger partial charge in [-0.1, -0.05) is 0 Å². The van der Waals surface area contributed by atoms with Gasteiger partial charge in [0.05, 0.1) is 11.5 Å². The lowest BCUT2D eigenvalue weighted by atomic mass is 10.1. The number of benzene rings is 2. The van der Waals surface area contributed by atoms with Crippen molar-refractivity contribution in [3.63, 3.8) is 0 Å². The number of nitrogens with one attached hydrogen (secondary N) is 2. The van der Waals surface area contributed by atoms with Crippen LogP contribution in [0.25, 0.3) is 0 Å². The summed E-state index contributed by atoms with van der Waals surface area (Å²) in [7, 11) is -3.80. The largest absolute Gasteiger partial charge is 0.494 e. The van der Waals surface area contributed by atoms with Gasteiger partial charge < -0.3 is 14.8 Å². The van der Waals surface area contributed by atoms with Gasteiger partial charge in [-0.2, -0.15) is 0 Å². The number of carbonyl (C=O) groups is 1. The summed E-state index contributed by atoms with van der Waals surface area (Å²) in [5.41, 5.74) is 1.88. The number of hydrogen-bond acceptors (Lipinski definition) is 5. The Morgan fingerprint density at radius 3 is 2.70 bits per heavy atom. The van der Waals surface area contributed by atoms with Crippen molar-refractivity contribution in [1.29, 1.82) is 0 Å². The molecule has 30 heavy (non-hydrogen) atoms. The van der Waals surface area contributed by atoms with E-state index in [-0.39, 0.29) is 36.4 Å². The monoisotopic (exact) mass is 436 g/mol. The SMILES string of the molecule is CCOc1cc2c(cc1CNC(=O)CCNS(=O)(=O)c1ccc(F)cc1)OC(C)C2. The molecule has 0 aliphatic carbocycles. The maximum atomic E-state index is 12.9. The predicted molar refractivity (Wildman–Crippen MR) is 109 cm³/mol. The van der Waals surface area contributed by atoms with Crippen molar-refractivity contribution in [3.05, 3.63) is 53.3 Å². The smallest absolute Gasteiger partial charge is 0.240 e. The van der Waals surface area contributed by atoms with Gasteiger partial charge in [0, 0.05) is 37.1 Å². The zero-order valence-corrected chi connectivity index (χ0v) is 17.7. The minimum atomic E-state index is -3.80. The first-order chi connectivity index (χ1) is 14.3. The van der Waals surface area contributed by atoms with Gasteiger partial charge in [-0.15, -0.1) is 0 Å². The maximum absolute atomic E-state index is 12.9. The van der Waals surface area contributed by atoms with Crippen LogP contribution >= 0.6 is 0 Å². The van der Waals surface area contributed by atoms with Crippen LogP contribution in [0.5, 0.6) is 11.5 Å². The molecule has 2 aromatic rings. The van der Waals surface area contributed by atoms with E-state index in [0.717, 1.165) is 35.4 Å². The molecule has 9 heteroatoms. The summed E-state index contributed by atoms with van der Waals surface area (Å²) >= 11 is 0. The van der Waals surface area contributed by atoms with Crippen LogP contribution in [-0.4, -0.2) is 33.6 Å². The quantitative estimate of drug-likeness (QED) is 0.630. The second kappa shape index (κ2) is 9.44. The predicted octanol–water partition coefficient (Wildman–Crippen LogP) is 2.53. The molecular formula is C21H25FN2O5S. The third-order valence-electron chi connectivity index (χ3n) is 4.62. The zero-order chi connectivity index (χ0) is 21.7. The van der Waals surface area contributed by atoms with E-state index in [1.165, 1.54) is 12.1 Å². The molecule has 0 aromatic heterocycles. The van der Waals surface area contributed by atoms with Gasteiger partial charge in [0.25, 0.3) is 0 Å². The van der Waals surface area contributed by atoms with Crippen molar-refractivity contribution >= 4 is 15.9 Å². The Labute approximate surface area is 175 Å². The van der Waals surface area contributed by atoms with Crippen molar-refractivity contribution in [2.24, 2.45) is 0 Å². The summed E-state index contributed by atoms with van der Waals surface area (Å²) in [6.45, 7) is 4.55. The molecule has 0 spiro atoms. The van der Waals surface area contributed by atoms with Crippen molar-refractivity contribution < 1.29 is 27.1 Å². The molecule has 1 aliphatic rings. The summed E-state index contributed by atoms with van der Waals surface area (Å²) in [6, 6.07) is 8.30. The molecule has 162 valence electrons. The lowest BCUT2D eigenvalue weighted by Crippen LogP contribution is -2.30. The van der Waals surface area contributed by atoms with Crippen LogP contribution in [0.4, 0.5) is 4.39 Å². The number of hydrogen-bond donors (Lipinski definition) is 2. The molecule has 0 fully saturated rings. The standard InChI is InChI=1S/C21H25FN2O5S/c1-3-28-19-11-15-10-14(2)29-20(15)12-16(19)13-23-21(25)8-9-24-30(26,27)18-6-4-17(22)5-7-18/h4-7,11-12,14,24H,3,8-10,13H2,1-2H3,(H,23,25). The van der Waals surface area contributed by atoms with Crippen molar-refractivity contribution in [3.8, 4) is 11.5 Å². The van der Waals surface area contributed by atoms with Gasteiger partial charge in [-0.05, 0) is 50.2 Å². The number of rotatable bonds is 9. The fourth-order valence-electron chi connectivity index (χ4n) is 3.19. The Bertz CT molecular complexity index is 1010. The van der Waals surface area contributed by atoms with E-state index in [4.69, 9.17) is 9.47 Å². The van der Waals surface area contributed by atoms with E-state index >= 15 is 0 Å². The van der Waals surface area contributed by atoms with Crippen LogP contribution in [0, 0.1) is 5.82 Å². The number of ether oxygens (including phenoxy) is 2. The van der Waals surface area contributed by atoms with Gasteiger partial charge in [0.15, 0.2) is 0 Å². The first-order valence-electron chi connectivity index (χ1n) is 9.75. The van der Waals surface area contributed by atoms with Crippen LogP contribution in [0.2, 0.25) is 0 Å². The molecule has 3 rings (SSSR count). The maximum Gasteiger partial charge on any atom is 0.240 e. The highest BCUT2D eigenvalue weighted by atomic mass is 32.2. The van der Waals surface area contributed by atoms with Gasteiger partial charge in [-0.25, -0.2) is 17.5 Å². The number of sulfonamides is 1. The molecule has 2 aromatic carbocycles. The average Bonchev–Trinajstić information content (AvgIpc) is 3.05. The van der Waals surface area contributed by atoms with E-state index in [1.54, 1.807) is 0 Å². The highest BCUT2D eigenvalue weighted by molar-refractivity contribution is 7.89. The second-order valence-electron chi connectivity index (χ2n) is 7.01. The number of amides is 1. The van der Waals surface area contributed by atoms with Crippen LogP contribution in [0.15, 0.2) is 41.3 Å². The Morgan fingerprint density at radius 1 is 1.27 bits per heavy atom. The van der Waals surface area contributed by atoms with Crippen LogP contribution in [-0.2, 0) is 27.8 Å². The first kappa shape index (κ1) is 22.0. The fourth-order valence-corrected chi connectivity index (χ4v) is 4.22. The summed E-state index contributed by atoms with van der Waals surface area (Å²) < 4.78 is 51.1. The van der Waals surface area contributed by atoms with E-state index < -0.39 is 15.8 Å². The molecule has 0 bridgehead atoms. The van der Waals surface area contributed by atoms with Crippen LogP contribution < -0.4 is 19.5 Å². The topological polar surface area (TPSA) is 93.7 Å². The summed E-state index contributed by atoms with van der Waals surface area (Å²) in [5.74, 6) is 0.661. The molecule has 1 heterocycles. The first-order valence-corrected chi connectivity index (χ1v) is 11.2. The molecule has 1 aliphatic heterocycles. The summed E-state index contributed by atoms with van der Waals surface area (Å²) in [5, 5.41) is 2.77. The second-order valence-corrected chi connectivity index (χ2v) is 8.78. The number of fused-ring (bicyclic) bond motifs is 1. The third kappa shape index (κ3) is 5.48. The van der Waals surface area contributed by atoms with E-state index in [2.05, 4.69) is 10.0 Å².